The van der Waals surface area contributed by atoms with Crippen LogP contribution >= 0.6 is 0 Å². The summed E-state index contributed by atoms with van der Waals surface area (Å²) in [4.78, 5) is 16.2. The minimum absolute atomic E-state index is 0.135. The molecular formula is C12H13NO2. The van der Waals surface area contributed by atoms with Crippen LogP contribution < -0.4 is 4.74 Å². The predicted octanol–water partition coefficient (Wildman–Crippen LogP) is 2.76. The van der Waals surface area contributed by atoms with Gasteiger partial charge >= 0.3 is 0 Å². The molecule has 0 fully saturated rings. The van der Waals surface area contributed by atoms with E-state index in [9.17, 15) is 4.79 Å². The zero-order chi connectivity index (χ0) is 10.8. The van der Waals surface area contributed by atoms with Gasteiger partial charge in [-0.25, -0.2) is 0 Å². The van der Waals surface area contributed by atoms with Gasteiger partial charge in [0.25, 0.3) is 0 Å². The lowest BCUT2D eigenvalue weighted by atomic mass is 9.98. The smallest absolute Gasteiger partial charge is 0.170 e. The summed E-state index contributed by atoms with van der Waals surface area (Å²) in [6.45, 7) is 2.01. The van der Waals surface area contributed by atoms with Crippen molar-refractivity contribution in [3.63, 3.8) is 0 Å². The van der Waals surface area contributed by atoms with Crippen molar-refractivity contribution in [1.82, 2.24) is 0 Å². The molecule has 15 heavy (non-hydrogen) atoms. The van der Waals surface area contributed by atoms with Gasteiger partial charge in [-0.2, -0.15) is 0 Å². The molecule has 1 heterocycles. The average Bonchev–Trinajstić information content (AvgIpc) is 2.28. The molecule has 0 bridgehead atoms. The van der Waals surface area contributed by atoms with Crippen LogP contribution in [0.4, 0.5) is 5.69 Å². The molecule has 0 radical (unpaired) electrons. The molecule has 1 aromatic rings. The van der Waals surface area contributed by atoms with E-state index in [1.807, 2.05) is 19.1 Å². The summed E-state index contributed by atoms with van der Waals surface area (Å²) < 4.78 is 5.19. The van der Waals surface area contributed by atoms with Gasteiger partial charge in [-0.3, -0.25) is 9.79 Å². The standard InChI is InChI=1S/C12H13NO2/c1-3-8-7-10(14)9-5-4-6-11(15-2)12(9)13-8/h4-6H,3,7H2,1-2H3. The first-order valence-corrected chi connectivity index (χ1v) is 5.03. The van der Waals surface area contributed by atoms with Crippen LogP contribution in [0, 0.1) is 0 Å². The van der Waals surface area contributed by atoms with Gasteiger partial charge < -0.3 is 4.74 Å². The van der Waals surface area contributed by atoms with E-state index in [2.05, 4.69) is 4.99 Å². The molecule has 0 unspecified atom stereocenters. The minimum Gasteiger partial charge on any atom is -0.494 e. The van der Waals surface area contributed by atoms with E-state index in [1.54, 1.807) is 13.2 Å². The van der Waals surface area contributed by atoms with Gasteiger partial charge in [-0.1, -0.05) is 13.0 Å². The van der Waals surface area contributed by atoms with Crippen molar-refractivity contribution in [3.05, 3.63) is 23.8 Å². The van der Waals surface area contributed by atoms with Crippen LogP contribution in [0.5, 0.6) is 5.75 Å². The van der Waals surface area contributed by atoms with E-state index in [0.717, 1.165) is 12.1 Å². The number of hydrogen-bond acceptors (Lipinski definition) is 3. The average molecular weight is 203 g/mol. The lowest BCUT2D eigenvalue weighted by molar-refractivity contribution is 0.0999. The normalized spacial score (nSPS) is 14.5. The van der Waals surface area contributed by atoms with Gasteiger partial charge in [0.15, 0.2) is 5.78 Å². The molecule has 0 atom stereocenters. The van der Waals surface area contributed by atoms with Crippen molar-refractivity contribution < 1.29 is 9.53 Å². The van der Waals surface area contributed by atoms with Crippen LogP contribution in [-0.2, 0) is 0 Å². The van der Waals surface area contributed by atoms with Gasteiger partial charge in [0.2, 0.25) is 0 Å². The molecule has 0 spiro atoms. The minimum atomic E-state index is 0.135. The van der Waals surface area contributed by atoms with Gasteiger partial charge in [0, 0.05) is 17.7 Å². The number of nitrogens with zero attached hydrogens (tertiary/aromatic N) is 1. The molecule has 1 aliphatic rings. The maximum Gasteiger partial charge on any atom is 0.170 e. The summed E-state index contributed by atoms with van der Waals surface area (Å²) >= 11 is 0. The second-order valence-corrected chi connectivity index (χ2v) is 3.49. The summed E-state index contributed by atoms with van der Waals surface area (Å²) in [6.07, 6.45) is 1.25. The Bertz CT molecular complexity index is 435. The Balaban J connectivity index is 2.59. The van der Waals surface area contributed by atoms with Crippen molar-refractivity contribution in [1.29, 1.82) is 0 Å². The first kappa shape index (κ1) is 9.90. The fraction of sp³-hybridized carbons (Fsp3) is 0.333. The Hall–Kier alpha value is -1.64. The van der Waals surface area contributed by atoms with Crippen LogP contribution in [-0.4, -0.2) is 18.6 Å². The number of aliphatic imine (C=N–C) groups is 1. The summed E-state index contributed by atoms with van der Waals surface area (Å²) in [5.41, 5.74) is 2.29. The summed E-state index contributed by atoms with van der Waals surface area (Å²) in [7, 11) is 1.59. The molecule has 0 saturated heterocycles. The Labute approximate surface area is 88.8 Å². The first-order chi connectivity index (χ1) is 7.26. The fourth-order valence-electron chi connectivity index (χ4n) is 1.71. The third-order valence-electron chi connectivity index (χ3n) is 2.56. The van der Waals surface area contributed by atoms with Crippen molar-refractivity contribution in [3.8, 4) is 5.75 Å². The van der Waals surface area contributed by atoms with Crippen LogP contribution in [0.15, 0.2) is 23.2 Å². The monoisotopic (exact) mass is 203 g/mol. The highest BCUT2D eigenvalue weighted by Gasteiger charge is 2.21. The van der Waals surface area contributed by atoms with Crippen LogP contribution in [0.25, 0.3) is 0 Å². The number of benzene rings is 1. The fourth-order valence-corrected chi connectivity index (χ4v) is 1.71. The molecule has 0 aromatic heterocycles. The Kier molecular flexibility index (Phi) is 2.54. The molecule has 2 rings (SSSR count). The number of methoxy groups -OCH3 is 1. The molecular weight excluding hydrogens is 190 g/mol. The molecule has 1 aliphatic heterocycles. The molecule has 3 heteroatoms. The Morgan fingerprint density at radius 1 is 1.47 bits per heavy atom. The largest absolute Gasteiger partial charge is 0.494 e. The quantitative estimate of drug-likeness (QED) is 0.741. The van der Waals surface area contributed by atoms with Gasteiger partial charge in [-0.05, 0) is 18.6 Å². The predicted molar refractivity (Wildman–Crippen MR) is 59.3 cm³/mol. The molecule has 3 nitrogen and oxygen atoms in total. The van der Waals surface area contributed by atoms with Gasteiger partial charge in [0.1, 0.15) is 11.4 Å². The summed E-state index contributed by atoms with van der Waals surface area (Å²) in [5, 5.41) is 0. The number of ketones is 1. The second kappa shape index (κ2) is 3.85. The lowest BCUT2D eigenvalue weighted by Crippen LogP contribution is -2.12. The van der Waals surface area contributed by atoms with Crippen molar-refractivity contribution >= 4 is 17.2 Å². The van der Waals surface area contributed by atoms with E-state index in [4.69, 9.17) is 4.74 Å². The molecule has 0 N–H and O–H groups in total. The highest BCUT2D eigenvalue weighted by molar-refractivity contribution is 6.16. The second-order valence-electron chi connectivity index (χ2n) is 3.49. The molecule has 0 saturated carbocycles. The number of rotatable bonds is 2. The third kappa shape index (κ3) is 1.65. The Morgan fingerprint density at radius 3 is 2.93 bits per heavy atom. The number of hydrogen-bond donors (Lipinski definition) is 0. The van der Waals surface area contributed by atoms with E-state index in [1.165, 1.54) is 0 Å². The number of ether oxygens (including phenoxy) is 1. The SMILES string of the molecule is CCC1=Nc2c(OC)cccc2C(=O)C1. The topological polar surface area (TPSA) is 38.7 Å². The van der Waals surface area contributed by atoms with Crippen molar-refractivity contribution in [2.75, 3.05) is 7.11 Å². The lowest BCUT2D eigenvalue weighted by Gasteiger charge is -2.15. The van der Waals surface area contributed by atoms with Crippen LogP contribution in [0.1, 0.15) is 30.1 Å². The van der Waals surface area contributed by atoms with Crippen molar-refractivity contribution in [2.45, 2.75) is 19.8 Å². The number of carbonyl (C=O) groups is 1. The highest BCUT2D eigenvalue weighted by Crippen LogP contribution is 2.35. The number of carbonyl (C=O) groups excluding carboxylic acids is 1. The van der Waals surface area contributed by atoms with E-state index < -0.39 is 0 Å². The summed E-state index contributed by atoms with van der Waals surface area (Å²) in [6, 6.07) is 5.45. The highest BCUT2D eigenvalue weighted by atomic mass is 16.5. The molecule has 0 aliphatic carbocycles. The van der Waals surface area contributed by atoms with Crippen LogP contribution in [0.2, 0.25) is 0 Å². The number of fused-ring (bicyclic) bond motifs is 1. The number of Topliss-reactive ketones (excluding diaryl/α,β-unsaturated/α-hetero) is 1. The maximum absolute atomic E-state index is 11.8. The molecule has 0 amide bonds. The zero-order valence-electron chi connectivity index (χ0n) is 8.91. The van der Waals surface area contributed by atoms with E-state index in [-0.39, 0.29) is 5.78 Å². The Morgan fingerprint density at radius 2 is 2.27 bits per heavy atom. The van der Waals surface area contributed by atoms with E-state index >= 15 is 0 Å². The number of para-hydroxylation sites is 1. The molecule has 1 aromatic carbocycles. The third-order valence-corrected chi connectivity index (χ3v) is 2.56. The molecule has 78 valence electrons. The van der Waals surface area contributed by atoms with Crippen LogP contribution in [0.3, 0.4) is 0 Å². The van der Waals surface area contributed by atoms with Gasteiger partial charge in [-0.15, -0.1) is 0 Å². The van der Waals surface area contributed by atoms with E-state index in [0.29, 0.717) is 23.4 Å². The summed E-state index contributed by atoms with van der Waals surface area (Å²) in [5.74, 6) is 0.808. The first-order valence-electron chi connectivity index (χ1n) is 5.03. The zero-order valence-corrected chi connectivity index (χ0v) is 8.91. The maximum atomic E-state index is 11.8. The van der Waals surface area contributed by atoms with Gasteiger partial charge in [0.05, 0.1) is 7.11 Å². The van der Waals surface area contributed by atoms with Crippen molar-refractivity contribution in [2.24, 2.45) is 4.99 Å².